The summed E-state index contributed by atoms with van der Waals surface area (Å²) in [6.07, 6.45) is 5.44. The second kappa shape index (κ2) is 5.31. The van der Waals surface area contributed by atoms with Crippen LogP contribution in [0.5, 0.6) is 0 Å². The Morgan fingerprint density at radius 2 is 2.05 bits per heavy atom. The summed E-state index contributed by atoms with van der Waals surface area (Å²) in [5.41, 5.74) is 1.15. The van der Waals surface area contributed by atoms with Crippen molar-refractivity contribution in [3.8, 4) is 5.82 Å². The number of hydrogen-bond donors (Lipinski definition) is 1. The van der Waals surface area contributed by atoms with Crippen molar-refractivity contribution < 1.29 is 0 Å². The maximum absolute atomic E-state index is 6.30. The van der Waals surface area contributed by atoms with Crippen LogP contribution in [-0.4, -0.2) is 20.1 Å². The highest BCUT2D eigenvalue weighted by Crippen LogP contribution is 2.20. The molecule has 0 saturated carbocycles. The Hall–Kier alpha value is -1.39. The number of imidazole rings is 1. The lowest BCUT2D eigenvalue weighted by molar-refractivity contribution is 0.424. The zero-order chi connectivity index (χ0) is 14.0. The molecule has 0 spiro atoms. The smallest absolute Gasteiger partial charge is 0.156 e. The Balaban J connectivity index is 2.21. The molecule has 2 aromatic heterocycles. The third-order valence-electron chi connectivity index (χ3n) is 2.76. The van der Waals surface area contributed by atoms with Gasteiger partial charge in [0.2, 0.25) is 0 Å². The molecule has 2 rings (SSSR count). The monoisotopic (exact) mass is 278 g/mol. The van der Waals surface area contributed by atoms with Crippen LogP contribution in [-0.2, 0) is 6.54 Å². The normalized spacial score (nSPS) is 11.8. The van der Waals surface area contributed by atoms with E-state index in [0.29, 0.717) is 5.02 Å². The van der Waals surface area contributed by atoms with Gasteiger partial charge in [0.05, 0.1) is 5.02 Å². The van der Waals surface area contributed by atoms with Crippen LogP contribution in [0.2, 0.25) is 5.02 Å². The van der Waals surface area contributed by atoms with Gasteiger partial charge < -0.3 is 5.32 Å². The maximum atomic E-state index is 6.30. The van der Waals surface area contributed by atoms with Crippen molar-refractivity contribution in [3.05, 3.63) is 41.1 Å². The number of hydrogen-bond acceptors (Lipinski definition) is 3. The molecule has 102 valence electrons. The van der Waals surface area contributed by atoms with Gasteiger partial charge in [-0.25, -0.2) is 9.97 Å². The molecule has 0 aliphatic carbocycles. The first-order chi connectivity index (χ1) is 8.87. The van der Waals surface area contributed by atoms with Gasteiger partial charge in [-0.15, -0.1) is 0 Å². The Morgan fingerprint density at radius 1 is 1.32 bits per heavy atom. The molecule has 1 N–H and O–H groups in total. The number of nitrogens with one attached hydrogen (secondary N) is 1. The summed E-state index contributed by atoms with van der Waals surface area (Å²) in [6, 6.07) is 1.95. The average molecular weight is 279 g/mol. The first kappa shape index (κ1) is 14.0. The molecule has 5 heteroatoms. The van der Waals surface area contributed by atoms with E-state index in [2.05, 4.69) is 36.1 Å². The van der Waals surface area contributed by atoms with E-state index in [0.717, 1.165) is 23.8 Å². The summed E-state index contributed by atoms with van der Waals surface area (Å²) in [5, 5.41) is 4.05. The van der Waals surface area contributed by atoms with E-state index in [-0.39, 0.29) is 5.54 Å². The molecule has 0 bridgehead atoms. The molecule has 2 heterocycles. The van der Waals surface area contributed by atoms with Crippen molar-refractivity contribution in [2.75, 3.05) is 0 Å². The number of aryl methyl sites for hydroxylation is 1. The van der Waals surface area contributed by atoms with Crippen molar-refractivity contribution in [2.45, 2.75) is 39.8 Å². The van der Waals surface area contributed by atoms with Crippen LogP contribution in [0.25, 0.3) is 5.82 Å². The zero-order valence-corrected chi connectivity index (χ0v) is 12.5. The van der Waals surface area contributed by atoms with Crippen LogP contribution in [0.3, 0.4) is 0 Å². The summed E-state index contributed by atoms with van der Waals surface area (Å²) in [4.78, 5) is 8.61. The van der Waals surface area contributed by atoms with E-state index in [1.165, 1.54) is 0 Å². The number of pyridine rings is 1. The lowest BCUT2D eigenvalue weighted by Gasteiger charge is -2.20. The summed E-state index contributed by atoms with van der Waals surface area (Å²) in [5.74, 6) is 1.59. The molecule has 0 aromatic carbocycles. The lowest BCUT2D eigenvalue weighted by atomic mass is 10.1. The van der Waals surface area contributed by atoms with Gasteiger partial charge in [0.15, 0.2) is 5.82 Å². The molecular formula is C14H19ClN4. The fourth-order valence-corrected chi connectivity index (χ4v) is 1.99. The van der Waals surface area contributed by atoms with Crippen LogP contribution in [0.15, 0.2) is 24.7 Å². The summed E-state index contributed by atoms with van der Waals surface area (Å²) >= 11 is 6.30. The highest BCUT2D eigenvalue weighted by Gasteiger charge is 2.11. The predicted molar refractivity (Wildman–Crippen MR) is 77.7 cm³/mol. The van der Waals surface area contributed by atoms with E-state index in [1.54, 1.807) is 6.20 Å². The largest absolute Gasteiger partial charge is 0.308 e. The molecule has 0 amide bonds. The fraction of sp³-hybridized carbons (Fsp3) is 0.429. The van der Waals surface area contributed by atoms with Gasteiger partial charge in [0.1, 0.15) is 5.82 Å². The maximum Gasteiger partial charge on any atom is 0.156 e. The summed E-state index contributed by atoms with van der Waals surface area (Å²) in [6.45, 7) is 9.06. The molecule has 19 heavy (non-hydrogen) atoms. The van der Waals surface area contributed by atoms with Crippen LogP contribution in [0.1, 0.15) is 32.2 Å². The van der Waals surface area contributed by atoms with Gasteiger partial charge in [-0.1, -0.05) is 11.6 Å². The van der Waals surface area contributed by atoms with Crippen molar-refractivity contribution >= 4 is 11.6 Å². The molecule has 0 saturated heterocycles. The van der Waals surface area contributed by atoms with Crippen LogP contribution in [0.4, 0.5) is 0 Å². The van der Waals surface area contributed by atoms with Gasteiger partial charge >= 0.3 is 0 Å². The minimum atomic E-state index is 0.0755. The van der Waals surface area contributed by atoms with Gasteiger partial charge in [-0.2, -0.15) is 0 Å². The second-order valence-electron chi connectivity index (χ2n) is 5.60. The zero-order valence-electron chi connectivity index (χ0n) is 11.7. The Morgan fingerprint density at radius 3 is 2.58 bits per heavy atom. The molecule has 0 unspecified atom stereocenters. The minimum absolute atomic E-state index is 0.0755. The van der Waals surface area contributed by atoms with Crippen molar-refractivity contribution in [3.63, 3.8) is 0 Å². The fourth-order valence-electron chi connectivity index (χ4n) is 1.71. The van der Waals surface area contributed by atoms with Gasteiger partial charge in [-0.3, -0.25) is 4.57 Å². The van der Waals surface area contributed by atoms with E-state index in [4.69, 9.17) is 11.6 Å². The highest BCUT2D eigenvalue weighted by atomic mass is 35.5. The van der Waals surface area contributed by atoms with Crippen LogP contribution < -0.4 is 5.32 Å². The van der Waals surface area contributed by atoms with Gasteiger partial charge in [0, 0.05) is 30.7 Å². The van der Waals surface area contributed by atoms with E-state index in [9.17, 15) is 0 Å². The Kier molecular flexibility index (Phi) is 3.92. The standard InChI is InChI=1S/C14H19ClN4/c1-10-16-5-6-19(10)13-12(15)7-11(8-17-13)9-18-14(2,3)4/h5-8,18H,9H2,1-4H3. The lowest BCUT2D eigenvalue weighted by Crippen LogP contribution is -2.35. The van der Waals surface area contributed by atoms with E-state index < -0.39 is 0 Å². The SMILES string of the molecule is Cc1nccn1-c1ncc(CNC(C)(C)C)cc1Cl. The van der Waals surface area contributed by atoms with Crippen molar-refractivity contribution in [2.24, 2.45) is 0 Å². The molecule has 0 atom stereocenters. The quantitative estimate of drug-likeness (QED) is 0.938. The molecule has 0 radical (unpaired) electrons. The highest BCUT2D eigenvalue weighted by molar-refractivity contribution is 6.32. The molecule has 0 fully saturated rings. The van der Waals surface area contributed by atoms with Crippen LogP contribution >= 0.6 is 11.6 Å². The summed E-state index contributed by atoms with van der Waals surface area (Å²) < 4.78 is 1.88. The molecule has 2 aromatic rings. The van der Waals surface area contributed by atoms with Crippen molar-refractivity contribution in [1.29, 1.82) is 0 Å². The van der Waals surface area contributed by atoms with Gasteiger partial charge in [0.25, 0.3) is 0 Å². The summed E-state index contributed by atoms with van der Waals surface area (Å²) in [7, 11) is 0. The van der Waals surface area contributed by atoms with Gasteiger partial charge in [-0.05, 0) is 39.3 Å². The minimum Gasteiger partial charge on any atom is -0.308 e. The first-order valence-corrected chi connectivity index (χ1v) is 6.64. The number of aromatic nitrogens is 3. The molecular weight excluding hydrogens is 260 g/mol. The number of rotatable bonds is 3. The van der Waals surface area contributed by atoms with Crippen LogP contribution in [0, 0.1) is 6.92 Å². The average Bonchev–Trinajstić information content (AvgIpc) is 2.72. The second-order valence-corrected chi connectivity index (χ2v) is 6.00. The molecule has 0 aliphatic rings. The number of halogens is 1. The third-order valence-corrected chi connectivity index (χ3v) is 3.03. The Bertz CT molecular complexity index is 569. The molecule has 0 aliphatic heterocycles. The molecule has 4 nitrogen and oxygen atoms in total. The number of nitrogens with zero attached hydrogens (tertiary/aromatic N) is 3. The topological polar surface area (TPSA) is 42.7 Å². The third kappa shape index (κ3) is 3.55. The van der Waals surface area contributed by atoms with E-state index >= 15 is 0 Å². The predicted octanol–water partition coefficient (Wildman–Crippen LogP) is 3.12. The van der Waals surface area contributed by atoms with Crippen molar-refractivity contribution in [1.82, 2.24) is 19.9 Å². The first-order valence-electron chi connectivity index (χ1n) is 6.26. The Labute approximate surface area is 118 Å². The van der Waals surface area contributed by atoms with E-state index in [1.807, 2.05) is 30.0 Å².